The average molecular weight is 272 g/mol. The summed E-state index contributed by atoms with van der Waals surface area (Å²) in [6.07, 6.45) is 2.78. The SMILES string of the molecule is O=C1NC(C(=O)NC2CCCC(C(=O)O)C2)CS1. The van der Waals surface area contributed by atoms with Crippen molar-refractivity contribution in [2.45, 2.75) is 37.8 Å². The Morgan fingerprint density at radius 1 is 1.39 bits per heavy atom. The molecule has 1 saturated heterocycles. The number of hydrogen-bond donors (Lipinski definition) is 3. The zero-order valence-electron chi connectivity index (χ0n) is 9.85. The minimum Gasteiger partial charge on any atom is -0.481 e. The molecular weight excluding hydrogens is 256 g/mol. The van der Waals surface area contributed by atoms with Gasteiger partial charge in [0.25, 0.3) is 5.24 Å². The van der Waals surface area contributed by atoms with Crippen molar-refractivity contribution in [3.63, 3.8) is 0 Å². The first-order valence-corrected chi connectivity index (χ1v) is 7.01. The molecule has 1 saturated carbocycles. The van der Waals surface area contributed by atoms with Gasteiger partial charge in [0.2, 0.25) is 5.91 Å². The Bertz CT molecular complexity index is 374. The lowest BCUT2D eigenvalue weighted by atomic mass is 9.85. The Balaban J connectivity index is 1.83. The number of hydrogen-bond acceptors (Lipinski definition) is 4. The Morgan fingerprint density at radius 2 is 2.17 bits per heavy atom. The highest BCUT2D eigenvalue weighted by Gasteiger charge is 2.32. The molecule has 6 nitrogen and oxygen atoms in total. The second kappa shape index (κ2) is 5.60. The Morgan fingerprint density at radius 3 is 2.78 bits per heavy atom. The largest absolute Gasteiger partial charge is 0.481 e. The van der Waals surface area contributed by atoms with E-state index < -0.39 is 12.0 Å². The number of rotatable bonds is 3. The lowest BCUT2D eigenvalue weighted by Gasteiger charge is -2.28. The van der Waals surface area contributed by atoms with Gasteiger partial charge in [-0.1, -0.05) is 18.2 Å². The van der Waals surface area contributed by atoms with E-state index in [0.717, 1.165) is 24.6 Å². The third kappa shape index (κ3) is 3.16. The lowest BCUT2D eigenvalue weighted by Crippen LogP contribution is -2.48. The topological polar surface area (TPSA) is 95.5 Å². The maximum Gasteiger partial charge on any atom is 0.306 e. The lowest BCUT2D eigenvalue weighted by molar-refractivity contribution is -0.143. The van der Waals surface area contributed by atoms with Crippen molar-refractivity contribution in [3.05, 3.63) is 0 Å². The molecule has 0 aromatic rings. The molecule has 3 N–H and O–H groups in total. The first-order valence-electron chi connectivity index (χ1n) is 6.02. The summed E-state index contributed by atoms with van der Waals surface area (Å²) in [5.41, 5.74) is 0. The highest BCUT2D eigenvalue weighted by Crippen LogP contribution is 2.24. The van der Waals surface area contributed by atoms with Gasteiger partial charge < -0.3 is 15.7 Å². The molecular formula is C11H16N2O4S. The van der Waals surface area contributed by atoms with E-state index in [9.17, 15) is 14.4 Å². The van der Waals surface area contributed by atoms with Gasteiger partial charge in [-0.05, 0) is 19.3 Å². The van der Waals surface area contributed by atoms with Gasteiger partial charge >= 0.3 is 5.97 Å². The number of amides is 2. The van der Waals surface area contributed by atoms with E-state index in [2.05, 4.69) is 10.6 Å². The van der Waals surface area contributed by atoms with Crippen LogP contribution in [0.1, 0.15) is 25.7 Å². The third-order valence-electron chi connectivity index (χ3n) is 3.36. The van der Waals surface area contributed by atoms with Crippen molar-refractivity contribution in [2.75, 3.05) is 5.75 Å². The van der Waals surface area contributed by atoms with Crippen LogP contribution in [0.25, 0.3) is 0 Å². The van der Waals surface area contributed by atoms with Gasteiger partial charge in [0.1, 0.15) is 6.04 Å². The standard InChI is InChI=1S/C11H16N2O4S/c14-9(8-5-18-11(17)13-8)12-7-3-1-2-6(4-7)10(15)16/h6-8H,1-5H2,(H,12,14)(H,13,17)(H,15,16). The fraction of sp³-hybridized carbons (Fsp3) is 0.727. The van der Waals surface area contributed by atoms with E-state index in [1.54, 1.807) is 0 Å². The maximum atomic E-state index is 11.8. The second-order valence-electron chi connectivity index (χ2n) is 4.70. The van der Waals surface area contributed by atoms with Crippen molar-refractivity contribution in [1.29, 1.82) is 0 Å². The van der Waals surface area contributed by atoms with Crippen molar-refractivity contribution in [1.82, 2.24) is 10.6 Å². The molecule has 1 heterocycles. The minimum absolute atomic E-state index is 0.0881. The monoisotopic (exact) mass is 272 g/mol. The number of carboxylic acid groups (broad SMARTS) is 1. The van der Waals surface area contributed by atoms with Gasteiger partial charge in [0.05, 0.1) is 5.92 Å². The number of carbonyl (C=O) groups excluding carboxylic acids is 2. The van der Waals surface area contributed by atoms with Crippen LogP contribution in [0.5, 0.6) is 0 Å². The van der Waals surface area contributed by atoms with Crippen molar-refractivity contribution >= 4 is 28.9 Å². The molecule has 7 heteroatoms. The van der Waals surface area contributed by atoms with Crippen molar-refractivity contribution < 1.29 is 19.5 Å². The third-order valence-corrected chi connectivity index (χ3v) is 4.24. The fourth-order valence-electron chi connectivity index (χ4n) is 2.37. The van der Waals surface area contributed by atoms with Crippen LogP contribution >= 0.6 is 11.8 Å². The Labute approximate surface area is 109 Å². The zero-order valence-corrected chi connectivity index (χ0v) is 10.7. The summed E-state index contributed by atoms with van der Waals surface area (Å²) >= 11 is 1.10. The molecule has 100 valence electrons. The first kappa shape index (κ1) is 13.2. The van der Waals surface area contributed by atoms with Crippen LogP contribution in [0.3, 0.4) is 0 Å². The van der Waals surface area contributed by atoms with Crippen LogP contribution in [0.2, 0.25) is 0 Å². The van der Waals surface area contributed by atoms with Gasteiger partial charge in [-0.25, -0.2) is 0 Å². The molecule has 1 aliphatic heterocycles. The fourth-order valence-corrected chi connectivity index (χ4v) is 3.15. The summed E-state index contributed by atoms with van der Waals surface area (Å²) in [5, 5.41) is 14.2. The van der Waals surface area contributed by atoms with Gasteiger partial charge in [-0.15, -0.1) is 0 Å². The van der Waals surface area contributed by atoms with Gasteiger partial charge in [0, 0.05) is 11.8 Å². The van der Waals surface area contributed by atoms with Crippen LogP contribution in [-0.2, 0) is 9.59 Å². The van der Waals surface area contributed by atoms with E-state index in [1.807, 2.05) is 0 Å². The second-order valence-corrected chi connectivity index (χ2v) is 5.70. The summed E-state index contributed by atoms with van der Waals surface area (Å²) < 4.78 is 0. The maximum absolute atomic E-state index is 11.8. The summed E-state index contributed by atoms with van der Waals surface area (Å²) in [6, 6.07) is -0.567. The summed E-state index contributed by atoms with van der Waals surface area (Å²) in [5.74, 6) is -0.917. The molecule has 3 atom stereocenters. The van der Waals surface area contributed by atoms with Crippen molar-refractivity contribution in [2.24, 2.45) is 5.92 Å². The van der Waals surface area contributed by atoms with E-state index >= 15 is 0 Å². The minimum atomic E-state index is -0.793. The number of thioether (sulfide) groups is 1. The van der Waals surface area contributed by atoms with E-state index in [4.69, 9.17) is 5.11 Å². The molecule has 0 spiro atoms. The van der Waals surface area contributed by atoms with Crippen LogP contribution in [0.15, 0.2) is 0 Å². The zero-order chi connectivity index (χ0) is 13.1. The smallest absolute Gasteiger partial charge is 0.306 e. The molecule has 0 bridgehead atoms. The number of nitrogens with one attached hydrogen (secondary N) is 2. The normalized spacial score (nSPS) is 31.8. The number of aliphatic carboxylic acids is 1. The Kier molecular flexibility index (Phi) is 4.11. The van der Waals surface area contributed by atoms with Crippen LogP contribution in [-0.4, -0.2) is 40.1 Å². The predicted octanol–water partition coefficient (Wildman–Crippen LogP) is 0.571. The van der Waals surface area contributed by atoms with E-state index in [-0.39, 0.29) is 23.1 Å². The Hall–Kier alpha value is -1.24. The molecule has 2 rings (SSSR count). The van der Waals surface area contributed by atoms with Crippen molar-refractivity contribution in [3.8, 4) is 0 Å². The van der Waals surface area contributed by atoms with E-state index in [1.165, 1.54) is 0 Å². The van der Waals surface area contributed by atoms with Gasteiger partial charge in [0.15, 0.2) is 0 Å². The first-order chi connectivity index (χ1) is 8.56. The predicted molar refractivity (Wildman–Crippen MR) is 66.3 cm³/mol. The van der Waals surface area contributed by atoms with Crippen LogP contribution in [0.4, 0.5) is 4.79 Å². The highest BCUT2D eigenvalue weighted by atomic mass is 32.2. The molecule has 2 fully saturated rings. The molecule has 2 aliphatic rings. The summed E-state index contributed by atoms with van der Waals surface area (Å²) in [4.78, 5) is 33.7. The van der Waals surface area contributed by atoms with Crippen LogP contribution in [0, 0.1) is 5.92 Å². The average Bonchev–Trinajstić information content (AvgIpc) is 2.76. The van der Waals surface area contributed by atoms with E-state index in [0.29, 0.717) is 18.6 Å². The quantitative estimate of drug-likeness (QED) is 0.698. The number of carbonyl (C=O) groups is 3. The molecule has 18 heavy (non-hydrogen) atoms. The summed E-state index contributed by atoms with van der Waals surface area (Å²) in [7, 11) is 0. The van der Waals surface area contributed by atoms with Crippen LogP contribution < -0.4 is 10.6 Å². The molecule has 0 aromatic heterocycles. The van der Waals surface area contributed by atoms with Gasteiger partial charge in [-0.3, -0.25) is 14.4 Å². The number of carboxylic acids is 1. The highest BCUT2D eigenvalue weighted by molar-refractivity contribution is 8.14. The summed E-state index contributed by atoms with van der Waals surface area (Å²) in [6.45, 7) is 0. The van der Waals surface area contributed by atoms with Gasteiger partial charge in [-0.2, -0.15) is 0 Å². The molecule has 0 radical (unpaired) electrons. The molecule has 3 unspecified atom stereocenters. The molecule has 0 aromatic carbocycles. The molecule has 1 aliphatic carbocycles. The molecule has 2 amide bonds.